The molecule has 2 atom stereocenters. The molecule has 1 amide bonds. The molecule has 4 heteroatoms. The molecule has 20 heavy (non-hydrogen) atoms. The molecule has 1 fully saturated rings. The van der Waals surface area contributed by atoms with E-state index in [1.807, 2.05) is 29.2 Å². The molecule has 1 aromatic rings. The van der Waals surface area contributed by atoms with Gasteiger partial charge in [0.2, 0.25) is 0 Å². The monoisotopic (exact) mass is 276 g/mol. The highest BCUT2D eigenvalue weighted by molar-refractivity contribution is 5.78. The van der Waals surface area contributed by atoms with Gasteiger partial charge in [0.15, 0.2) is 6.61 Å². The summed E-state index contributed by atoms with van der Waals surface area (Å²) in [4.78, 5) is 14.4. The average molecular weight is 276 g/mol. The van der Waals surface area contributed by atoms with Gasteiger partial charge in [-0.1, -0.05) is 25.1 Å². The van der Waals surface area contributed by atoms with Gasteiger partial charge in [-0.25, -0.2) is 0 Å². The molecule has 0 radical (unpaired) electrons. The zero-order chi connectivity index (χ0) is 14.5. The first-order chi connectivity index (χ1) is 9.67. The van der Waals surface area contributed by atoms with Crippen molar-refractivity contribution in [1.82, 2.24) is 4.90 Å². The van der Waals surface area contributed by atoms with Gasteiger partial charge >= 0.3 is 0 Å². The Labute approximate surface area is 120 Å². The number of likely N-dealkylation sites (tertiary alicyclic amines) is 1. The molecule has 2 unspecified atom stereocenters. The smallest absolute Gasteiger partial charge is 0.260 e. The minimum atomic E-state index is 0.0775. The van der Waals surface area contributed by atoms with E-state index >= 15 is 0 Å². The molecular weight excluding hydrogens is 252 g/mol. The van der Waals surface area contributed by atoms with Crippen LogP contribution in [0.5, 0.6) is 5.75 Å². The third-order valence-electron chi connectivity index (χ3n) is 4.09. The van der Waals surface area contributed by atoms with Crippen molar-refractivity contribution in [3.63, 3.8) is 0 Å². The number of carbonyl (C=O) groups is 1. The van der Waals surface area contributed by atoms with Crippen LogP contribution in [0.25, 0.3) is 0 Å². The maximum atomic E-state index is 12.4. The van der Waals surface area contributed by atoms with Gasteiger partial charge in [-0.05, 0) is 32.3 Å². The molecular formula is C16H24N2O2. The predicted molar refractivity (Wildman–Crippen MR) is 79.4 cm³/mol. The van der Waals surface area contributed by atoms with Crippen LogP contribution < -0.4 is 10.5 Å². The first kappa shape index (κ1) is 14.9. The Balaban J connectivity index is 1.98. The molecule has 0 bridgehead atoms. The number of carbonyl (C=O) groups excluding carboxylic acids is 1. The predicted octanol–water partition coefficient (Wildman–Crippen LogP) is 2.31. The lowest BCUT2D eigenvalue weighted by Gasteiger charge is -2.28. The molecule has 2 N–H and O–H groups in total. The molecule has 110 valence electrons. The van der Waals surface area contributed by atoms with Crippen molar-refractivity contribution < 1.29 is 9.53 Å². The summed E-state index contributed by atoms with van der Waals surface area (Å²) in [6.07, 6.45) is 3.20. The van der Waals surface area contributed by atoms with E-state index in [2.05, 4.69) is 13.8 Å². The highest BCUT2D eigenvalue weighted by atomic mass is 16.5. The summed E-state index contributed by atoms with van der Waals surface area (Å²) in [5.41, 5.74) is 6.60. The summed E-state index contributed by atoms with van der Waals surface area (Å²) in [7, 11) is 0. The Bertz CT molecular complexity index is 462. The van der Waals surface area contributed by atoms with Gasteiger partial charge in [0, 0.05) is 24.2 Å². The fourth-order valence-corrected chi connectivity index (χ4v) is 2.95. The van der Waals surface area contributed by atoms with E-state index in [4.69, 9.17) is 10.5 Å². The number of nitrogens with zero attached hydrogens (tertiary/aromatic N) is 1. The van der Waals surface area contributed by atoms with Crippen LogP contribution in [0, 0.1) is 0 Å². The minimum absolute atomic E-state index is 0.0775. The van der Waals surface area contributed by atoms with Crippen molar-refractivity contribution in [2.45, 2.75) is 51.7 Å². The molecule has 4 nitrogen and oxygen atoms in total. The summed E-state index contributed by atoms with van der Waals surface area (Å²) >= 11 is 0. The van der Waals surface area contributed by atoms with Crippen molar-refractivity contribution in [2.24, 2.45) is 5.73 Å². The maximum absolute atomic E-state index is 12.4. The Morgan fingerprint density at radius 3 is 2.85 bits per heavy atom. The number of benzene rings is 1. The largest absolute Gasteiger partial charge is 0.483 e. The van der Waals surface area contributed by atoms with Crippen LogP contribution in [0.1, 0.15) is 38.7 Å². The fraction of sp³-hybridized carbons (Fsp3) is 0.562. The van der Waals surface area contributed by atoms with E-state index in [1.165, 1.54) is 0 Å². The fourth-order valence-electron chi connectivity index (χ4n) is 2.95. The minimum Gasteiger partial charge on any atom is -0.483 e. The van der Waals surface area contributed by atoms with Crippen LogP contribution in [-0.4, -0.2) is 29.5 Å². The molecule has 1 aliphatic rings. The molecule has 0 spiro atoms. The quantitative estimate of drug-likeness (QED) is 0.898. The van der Waals surface area contributed by atoms with Gasteiger partial charge in [-0.15, -0.1) is 0 Å². The van der Waals surface area contributed by atoms with E-state index in [1.54, 1.807) is 0 Å². The number of amides is 1. The molecule has 0 saturated carbocycles. The van der Waals surface area contributed by atoms with Crippen LogP contribution >= 0.6 is 0 Å². The average Bonchev–Trinajstić information content (AvgIpc) is 2.86. The standard InChI is InChI=1S/C16H24N2O2/c1-3-14-9-8-12(2)18(14)16(19)11-20-15-7-5-4-6-13(15)10-17/h4-7,12,14H,3,8-11,17H2,1-2H3. The molecule has 2 rings (SSSR count). The third kappa shape index (κ3) is 3.12. The van der Waals surface area contributed by atoms with Gasteiger partial charge in [0.25, 0.3) is 5.91 Å². The van der Waals surface area contributed by atoms with Crippen molar-refractivity contribution in [3.05, 3.63) is 29.8 Å². The van der Waals surface area contributed by atoms with Crippen LogP contribution in [-0.2, 0) is 11.3 Å². The number of para-hydroxylation sites is 1. The Morgan fingerprint density at radius 2 is 2.15 bits per heavy atom. The van der Waals surface area contributed by atoms with Gasteiger partial charge in [-0.3, -0.25) is 4.79 Å². The van der Waals surface area contributed by atoms with Crippen molar-refractivity contribution >= 4 is 5.91 Å². The molecule has 1 aliphatic heterocycles. The molecule has 0 aromatic heterocycles. The lowest BCUT2D eigenvalue weighted by molar-refractivity contribution is -0.136. The number of rotatable bonds is 5. The second-order valence-corrected chi connectivity index (χ2v) is 5.39. The molecule has 1 aromatic carbocycles. The lowest BCUT2D eigenvalue weighted by Crippen LogP contribution is -2.42. The van der Waals surface area contributed by atoms with E-state index in [9.17, 15) is 4.79 Å². The second-order valence-electron chi connectivity index (χ2n) is 5.39. The third-order valence-corrected chi connectivity index (χ3v) is 4.09. The van der Waals surface area contributed by atoms with E-state index < -0.39 is 0 Å². The molecule has 0 aliphatic carbocycles. The second kappa shape index (κ2) is 6.75. The van der Waals surface area contributed by atoms with Gasteiger partial charge in [0.05, 0.1) is 0 Å². The van der Waals surface area contributed by atoms with Gasteiger partial charge < -0.3 is 15.4 Å². The summed E-state index contributed by atoms with van der Waals surface area (Å²) < 4.78 is 5.67. The topological polar surface area (TPSA) is 55.6 Å². The van der Waals surface area contributed by atoms with Crippen molar-refractivity contribution in [1.29, 1.82) is 0 Å². The Hall–Kier alpha value is -1.55. The summed E-state index contributed by atoms with van der Waals surface area (Å²) in [6, 6.07) is 8.29. The Kier molecular flexibility index (Phi) is 5.01. The molecule has 1 heterocycles. The van der Waals surface area contributed by atoms with Crippen LogP contribution in [0.15, 0.2) is 24.3 Å². The number of ether oxygens (including phenoxy) is 1. The first-order valence-electron chi connectivity index (χ1n) is 7.39. The Morgan fingerprint density at radius 1 is 1.40 bits per heavy atom. The zero-order valence-corrected chi connectivity index (χ0v) is 12.3. The van der Waals surface area contributed by atoms with Gasteiger partial charge in [-0.2, -0.15) is 0 Å². The molecule has 1 saturated heterocycles. The van der Waals surface area contributed by atoms with E-state index in [-0.39, 0.29) is 12.5 Å². The number of nitrogens with two attached hydrogens (primary N) is 1. The van der Waals surface area contributed by atoms with Crippen molar-refractivity contribution in [2.75, 3.05) is 6.61 Å². The van der Waals surface area contributed by atoms with E-state index in [0.717, 1.165) is 24.8 Å². The van der Waals surface area contributed by atoms with Crippen LogP contribution in [0.3, 0.4) is 0 Å². The van der Waals surface area contributed by atoms with Crippen LogP contribution in [0.2, 0.25) is 0 Å². The van der Waals surface area contributed by atoms with E-state index in [0.29, 0.717) is 24.4 Å². The summed E-state index contributed by atoms with van der Waals surface area (Å²) in [5.74, 6) is 0.789. The highest BCUT2D eigenvalue weighted by Crippen LogP contribution is 2.26. The first-order valence-corrected chi connectivity index (χ1v) is 7.39. The zero-order valence-electron chi connectivity index (χ0n) is 12.3. The maximum Gasteiger partial charge on any atom is 0.260 e. The number of hydrogen-bond acceptors (Lipinski definition) is 3. The van der Waals surface area contributed by atoms with Crippen molar-refractivity contribution in [3.8, 4) is 5.75 Å². The number of hydrogen-bond donors (Lipinski definition) is 1. The summed E-state index contributed by atoms with van der Waals surface area (Å²) in [5, 5.41) is 0. The van der Waals surface area contributed by atoms with Gasteiger partial charge in [0.1, 0.15) is 5.75 Å². The lowest BCUT2D eigenvalue weighted by atomic mass is 10.1. The highest BCUT2D eigenvalue weighted by Gasteiger charge is 2.33. The normalized spacial score (nSPS) is 22.1. The SMILES string of the molecule is CCC1CCC(C)N1C(=O)COc1ccccc1CN. The summed E-state index contributed by atoms with van der Waals surface area (Å²) in [6.45, 7) is 4.76. The van der Waals surface area contributed by atoms with Crippen LogP contribution in [0.4, 0.5) is 0 Å².